The number of rotatable bonds is 10. The van der Waals surface area contributed by atoms with Crippen LogP contribution in [0.5, 0.6) is 11.5 Å². The van der Waals surface area contributed by atoms with Gasteiger partial charge in [-0.25, -0.2) is 4.79 Å². The SMILES string of the molecule is CC(C)c1c(C(=O)O)ccc(OCC2CO2)c1C1CCC(c2ccc(OCC3CO3)cc2)CC1. The molecule has 2 aliphatic heterocycles. The van der Waals surface area contributed by atoms with E-state index >= 15 is 0 Å². The molecule has 1 N–H and O–H groups in total. The van der Waals surface area contributed by atoms with E-state index in [1.165, 1.54) is 5.56 Å². The lowest BCUT2D eigenvalue weighted by molar-refractivity contribution is 0.0695. The molecule has 2 aromatic carbocycles. The van der Waals surface area contributed by atoms with E-state index in [1.807, 2.05) is 6.07 Å². The third-order valence-corrected chi connectivity index (χ3v) is 7.21. The van der Waals surface area contributed by atoms with E-state index in [9.17, 15) is 9.90 Å². The zero-order valence-electron chi connectivity index (χ0n) is 20.0. The molecule has 182 valence electrons. The van der Waals surface area contributed by atoms with Crippen molar-refractivity contribution in [1.82, 2.24) is 0 Å². The maximum Gasteiger partial charge on any atom is 0.335 e. The first-order valence-corrected chi connectivity index (χ1v) is 12.5. The van der Waals surface area contributed by atoms with Crippen molar-refractivity contribution in [2.24, 2.45) is 0 Å². The summed E-state index contributed by atoms with van der Waals surface area (Å²) in [6, 6.07) is 12.0. The Balaban J connectivity index is 1.31. The Morgan fingerprint density at radius 1 is 0.912 bits per heavy atom. The third-order valence-electron chi connectivity index (χ3n) is 7.21. The summed E-state index contributed by atoms with van der Waals surface area (Å²) >= 11 is 0. The average molecular weight is 467 g/mol. The number of aromatic carboxylic acids is 1. The van der Waals surface area contributed by atoms with Gasteiger partial charge in [0.05, 0.1) is 18.8 Å². The molecule has 2 heterocycles. The van der Waals surface area contributed by atoms with Crippen molar-refractivity contribution in [3.8, 4) is 11.5 Å². The number of benzene rings is 2. The highest BCUT2D eigenvalue weighted by molar-refractivity contribution is 5.90. The lowest BCUT2D eigenvalue weighted by Crippen LogP contribution is -2.18. The van der Waals surface area contributed by atoms with Gasteiger partial charge >= 0.3 is 5.97 Å². The van der Waals surface area contributed by atoms with Crippen molar-refractivity contribution in [3.63, 3.8) is 0 Å². The van der Waals surface area contributed by atoms with Gasteiger partial charge in [0.1, 0.15) is 36.9 Å². The van der Waals surface area contributed by atoms with Crippen molar-refractivity contribution < 1.29 is 28.8 Å². The second-order valence-corrected chi connectivity index (χ2v) is 10.0. The van der Waals surface area contributed by atoms with Gasteiger partial charge in [-0.3, -0.25) is 0 Å². The van der Waals surface area contributed by atoms with E-state index in [0.717, 1.165) is 61.5 Å². The summed E-state index contributed by atoms with van der Waals surface area (Å²) in [6.07, 6.45) is 4.59. The van der Waals surface area contributed by atoms with E-state index in [2.05, 4.69) is 38.1 Å². The van der Waals surface area contributed by atoms with Crippen LogP contribution in [0.1, 0.15) is 84.3 Å². The molecular formula is C28H34O6. The summed E-state index contributed by atoms with van der Waals surface area (Å²) in [4.78, 5) is 12.0. The molecule has 0 amide bonds. The monoisotopic (exact) mass is 466 g/mol. The summed E-state index contributed by atoms with van der Waals surface area (Å²) in [5.74, 6) is 1.75. The summed E-state index contributed by atoms with van der Waals surface area (Å²) < 4.78 is 22.5. The molecule has 3 aliphatic rings. The number of carboxylic acid groups (broad SMARTS) is 1. The van der Waals surface area contributed by atoms with Crippen molar-refractivity contribution in [1.29, 1.82) is 0 Å². The summed E-state index contributed by atoms with van der Waals surface area (Å²) in [7, 11) is 0. The molecule has 6 heteroatoms. The van der Waals surface area contributed by atoms with Crippen LogP contribution in [-0.4, -0.2) is 49.7 Å². The van der Waals surface area contributed by atoms with E-state index in [4.69, 9.17) is 18.9 Å². The lowest BCUT2D eigenvalue weighted by Gasteiger charge is -2.32. The Labute approximate surface area is 201 Å². The third kappa shape index (κ3) is 5.39. The normalized spacial score (nSPS) is 25.7. The van der Waals surface area contributed by atoms with E-state index in [-0.39, 0.29) is 18.1 Å². The minimum absolute atomic E-state index is 0.105. The number of hydrogen-bond acceptors (Lipinski definition) is 5. The number of carbonyl (C=O) groups is 1. The topological polar surface area (TPSA) is 80.8 Å². The quantitative estimate of drug-likeness (QED) is 0.466. The first-order chi connectivity index (χ1) is 16.5. The zero-order chi connectivity index (χ0) is 23.7. The predicted molar refractivity (Wildman–Crippen MR) is 128 cm³/mol. The van der Waals surface area contributed by atoms with Gasteiger partial charge in [0, 0.05) is 5.56 Å². The smallest absolute Gasteiger partial charge is 0.335 e. The lowest BCUT2D eigenvalue weighted by atomic mass is 9.73. The molecule has 0 radical (unpaired) electrons. The van der Waals surface area contributed by atoms with Crippen LogP contribution in [0, 0.1) is 0 Å². The molecule has 0 aromatic heterocycles. The maximum atomic E-state index is 12.0. The molecule has 2 unspecified atom stereocenters. The number of carboxylic acids is 1. The molecule has 2 aromatic rings. The fourth-order valence-corrected chi connectivity index (χ4v) is 5.22. The van der Waals surface area contributed by atoms with E-state index in [0.29, 0.717) is 30.6 Å². The van der Waals surface area contributed by atoms with Gasteiger partial charge in [0.25, 0.3) is 0 Å². The Kier molecular flexibility index (Phi) is 6.79. The van der Waals surface area contributed by atoms with Crippen LogP contribution in [0.15, 0.2) is 36.4 Å². The highest BCUT2D eigenvalue weighted by Crippen LogP contribution is 2.46. The molecule has 2 saturated heterocycles. The second kappa shape index (κ2) is 9.96. The molecular weight excluding hydrogens is 432 g/mol. The minimum Gasteiger partial charge on any atom is -0.491 e. The van der Waals surface area contributed by atoms with Gasteiger partial charge in [-0.05, 0) is 78.8 Å². The zero-order valence-corrected chi connectivity index (χ0v) is 20.0. The Morgan fingerprint density at radius 2 is 1.50 bits per heavy atom. The van der Waals surface area contributed by atoms with Gasteiger partial charge in [0.2, 0.25) is 0 Å². The fraction of sp³-hybridized carbons (Fsp3) is 0.536. The molecule has 3 fully saturated rings. The molecule has 6 nitrogen and oxygen atoms in total. The Hall–Kier alpha value is -2.57. The molecule has 34 heavy (non-hydrogen) atoms. The van der Waals surface area contributed by atoms with Gasteiger partial charge in [0.15, 0.2) is 0 Å². The van der Waals surface area contributed by atoms with E-state index < -0.39 is 5.97 Å². The molecule has 1 aliphatic carbocycles. The molecule has 0 spiro atoms. The minimum atomic E-state index is -0.869. The standard InChI is InChI=1S/C28H34O6/c1-17(2)26-24(28(29)30)11-12-25(34-16-23-15-33-23)27(26)20-5-3-18(4-6-20)19-7-9-21(10-8-19)31-13-22-14-32-22/h7-12,17-18,20,22-23H,3-6,13-16H2,1-2H3,(H,29,30). The van der Waals surface area contributed by atoms with Gasteiger partial charge in [-0.2, -0.15) is 0 Å². The maximum absolute atomic E-state index is 12.0. The molecule has 0 bridgehead atoms. The van der Waals surface area contributed by atoms with Gasteiger partial charge < -0.3 is 24.1 Å². The largest absolute Gasteiger partial charge is 0.491 e. The van der Waals surface area contributed by atoms with Crippen molar-refractivity contribution in [2.75, 3.05) is 26.4 Å². The van der Waals surface area contributed by atoms with Crippen LogP contribution in [0.4, 0.5) is 0 Å². The Morgan fingerprint density at radius 3 is 2.06 bits per heavy atom. The van der Waals surface area contributed by atoms with Crippen LogP contribution in [0.25, 0.3) is 0 Å². The number of hydrogen-bond donors (Lipinski definition) is 1. The summed E-state index contributed by atoms with van der Waals surface area (Å²) in [5, 5.41) is 9.86. The fourth-order valence-electron chi connectivity index (χ4n) is 5.22. The number of ether oxygens (including phenoxy) is 4. The summed E-state index contributed by atoms with van der Waals surface area (Å²) in [6.45, 7) is 6.83. The average Bonchev–Trinajstić information content (AvgIpc) is 3.76. The first kappa shape index (κ1) is 23.2. The van der Waals surface area contributed by atoms with Crippen LogP contribution in [0.3, 0.4) is 0 Å². The summed E-state index contributed by atoms with van der Waals surface area (Å²) in [5.41, 5.74) is 3.76. The second-order valence-electron chi connectivity index (χ2n) is 10.0. The number of epoxide rings is 2. The molecule has 2 atom stereocenters. The molecule has 5 rings (SSSR count). The van der Waals surface area contributed by atoms with Crippen LogP contribution in [0.2, 0.25) is 0 Å². The van der Waals surface area contributed by atoms with Gasteiger partial charge in [-0.1, -0.05) is 26.0 Å². The van der Waals surface area contributed by atoms with Crippen LogP contribution < -0.4 is 9.47 Å². The highest BCUT2D eigenvalue weighted by atomic mass is 16.6. The van der Waals surface area contributed by atoms with E-state index in [1.54, 1.807) is 6.07 Å². The first-order valence-electron chi connectivity index (χ1n) is 12.5. The van der Waals surface area contributed by atoms with Crippen molar-refractivity contribution in [3.05, 3.63) is 58.7 Å². The van der Waals surface area contributed by atoms with Crippen molar-refractivity contribution >= 4 is 5.97 Å². The van der Waals surface area contributed by atoms with Gasteiger partial charge in [-0.15, -0.1) is 0 Å². The van der Waals surface area contributed by atoms with Crippen LogP contribution in [-0.2, 0) is 9.47 Å². The van der Waals surface area contributed by atoms with Crippen LogP contribution >= 0.6 is 0 Å². The highest BCUT2D eigenvalue weighted by Gasteiger charge is 2.32. The molecule has 1 saturated carbocycles. The predicted octanol–water partition coefficient (Wildman–Crippen LogP) is 5.50. The Bertz CT molecular complexity index is 998. The van der Waals surface area contributed by atoms with Crippen molar-refractivity contribution in [2.45, 2.75) is 69.5 Å².